The number of hydrogen-bond acceptors (Lipinski definition) is 5. The van der Waals surface area contributed by atoms with Crippen LogP contribution in [0.5, 0.6) is 0 Å². The van der Waals surface area contributed by atoms with Crippen molar-refractivity contribution in [1.82, 2.24) is 20.1 Å². The number of benzene rings is 1. The molecule has 1 fully saturated rings. The Balaban J connectivity index is 1.45. The Morgan fingerprint density at radius 2 is 2.30 bits per heavy atom. The number of ether oxygens (including phenoxy) is 1. The molecule has 6 nitrogen and oxygen atoms in total. The van der Waals surface area contributed by atoms with Crippen LogP contribution in [-0.2, 0) is 16.0 Å². The normalized spacial score (nSPS) is 23.8. The number of thioether (sulfide) groups is 1. The topological polar surface area (TPSA) is 71.1 Å². The van der Waals surface area contributed by atoms with Crippen LogP contribution in [0.15, 0.2) is 29.2 Å². The van der Waals surface area contributed by atoms with Gasteiger partial charge in [0.1, 0.15) is 11.9 Å². The Labute approximate surface area is 138 Å². The van der Waals surface area contributed by atoms with E-state index in [0.717, 1.165) is 12.2 Å². The van der Waals surface area contributed by atoms with Crippen molar-refractivity contribution in [2.24, 2.45) is 0 Å². The van der Waals surface area contributed by atoms with Crippen LogP contribution in [0.3, 0.4) is 0 Å². The summed E-state index contributed by atoms with van der Waals surface area (Å²) in [7, 11) is 0. The molecule has 7 heteroatoms. The number of morpholine rings is 1. The van der Waals surface area contributed by atoms with E-state index >= 15 is 0 Å². The van der Waals surface area contributed by atoms with Crippen LogP contribution in [0, 0.1) is 6.92 Å². The number of aryl methyl sites for hydroxylation is 1. The second-order valence-corrected chi connectivity index (χ2v) is 7.09. The number of carbonyl (C=O) groups excluding carboxylic acids is 1. The molecule has 0 radical (unpaired) electrons. The lowest BCUT2D eigenvalue weighted by Crippen LogP contribution is -2.46. The van der Waals surface area contributed by atoms with Gasteiger partial charge in [0, 0.05) is 11.4 Å². The SMILES string of the molecule is Cc1nc([C@@H]2CN(C(=O)[C@@H]3Cc4ccccc4S3)CCO2)n[nH]1. The molecule has 4 rings (SSSR count). The molecule has 2 atom stereocenters. The van der Waals surface area contributed by atoms with Crippen molar-refractivity contribution in [3.63, 3.8) is 0 Å². The molecule has 2 aliphatic rings. The molecule has 0 aliphatic carbocycles. The van der Waals surface area contributed by atoms with Gasteiger partial charge in [-0.25, -0.2) is 4.98 Å². The molecule has 3 heterocycles. The van der Waals surface area contributed by atoms with Gasteiger partial charge in [-0.3, -0.25) is 9.89 Å². The van der Waals surface area contributed by atoms with Crippen LogP contribution in [-0.4, -0.2) is 50.9 Å². The lowest BCUT2D eigenvalue weighted by molar-refractivity contribution is -0.138. The third kappa shape index (κ3) is 2.86. The third-order valence-electron chi connectivity index (χ3n) is 4.20. The lowest BCUT2D eigenvalue weighted by atomic mass is 10.1. The summed E-state index contributed by atoms with van der Waals surface area (Å²) in [5, 5.41) is 6.96. The summed E-state index contributed by atoms with van der Waals surface area (Å²) >= 11 is 1.67. The summed E-state index contributed by atoms with van der Waals surface area (Å²) in [6.45, 7) is 3.53. The lowest BCUT2D eigenvalue weighted by Gasteiger charge is -2.33. The maximum atomic E-state index is 12.9. The molecule has 1 saturated heterocycles. The van der Waals surface area contributed by atoms with Crippen molar-refractivity contribution >= 4 is 17.7 Å². The molecular weight excluding hydrogens is 312 g/mol. The zero-order valence-electron chi connectivity index (χ0n) is 12.9. The highest BCUT2D eigenvalue weighted by Gasteiger charge is 2.35. The molecular formula is C16H18N4O2S. The molecule has 1 aromatic carbocycles. The van der Waals surface area contributed by atoms with Crippen LogP contribution in [0.1, 0.15) is 23.3 Å². The molecule has 1 amide bonds. The number of fused-ring (bicyclic) bond motifs is 1. The zero-order chi connectivity index (χ0) is 15.8. The first-order chi connectivity index (χ1) is 11.2. The van der Waals surface area contributed by atoms with Gasteiger partial charge in [0.05, 0.1) is 18.4 Å². The fourth-order valence-corrected chi connectivity index (χ4v) is 4.31. The van der Waals surface area contributed by atoms with Crippen molar-refractivity contribution in [2.45, 2.75) is 29.6 Å². The Morgan fingerprint density at radius 1 is 1.43 bits per heavy atom. The fraction of sp³-hybridized carbons (Fsp3) is 0.438. The molecule has 2 aromatic rings. The number of amides is 1. The molecule has 0 unspecified atom stereocenters. The van der Waals surface area contributed by atoms with E-state index in [9.17, 15) is 4.79 Å². The summed E-state index contributed by atoms with van der Waals surface area (Å²) in [5.74, 6) is 1.57. The Kier molecular flexibility index (Phi) is 3.82. The van der Waals surface area contributed by atoms with Crippen molar-refractivity contribution in [1.29, 1.82) is 0 Å². The maximum Gasteiger partial charge on any atom is 0.236 e. The fourth-order valence-electron chi connectivity index (χ4n) is 3.03. The van der Waals surface area contributed by atoms with E-state index < -0.39 is 0 Å². The van der Waals surface area contributed by atoms with Gasteiger partial charge in [-0.2, -0.15) is 5.10 Å². The summed E-state index contributed by atoms with van der Waals surface area (Å²) in [4.78, 5) is 20.3. The first kappa shape index (κ1) is 14.7. The highest BCUT2D eigenvalue weighted by Crippen LogP contribution is 2.38. The quantitative estimate of drug-likeness (QED) is 0.908. The molecule has 0 saturated carbocycles. The minimum atomic E-state index is -0.244. The number of nitrogens with zero attached hydrogens (tertiary/aromatic N) is 3. The van der Waals surface area contributed by atoms with Crippen molar-refractivity contribution in [3.05, 3.63) is 41.5 Å². The van der Waals surface area contributed by atoms with Gasteiger partial charge in [0.2, 0.25) is 5.91 Å². The summed E-state index contributed by atoms with van der Waals surface area (Å²) in [6, 6.07) is 8.25. The predicted octanol–water partition coefficient (Wildman–Crippen LogP) is 1.73. The van der Waals surface area contributed by atoms with Crippen LogP contribution >= 0.6 is 11.8 Å². The van der Waals surface area contributed by atoms with Crippen molar-refractivity contribution in [2.75, 3.05) is 19.7 Å². The second-order valence-electron chi connectivity index (χ2n) is 5.84. The van der Waals surface area contributed by atoms with E-state index in [-0.39, 0.29) is 17.3 Å². The molecule has 1 N–H and O–H groups in total. The number of H-pyrrole nitrogens is 1. The van der Waals surface area contributed by atoms with Crippen LogP contribution < -0.4 is 0 Å². The number of rotatable bonds is 2. The number of aromatic nitrogens is 3. The Hall–Kier alpha value is -1.86. The van der Waals surface area contributed by atoms with Crippen LogP contribution in [0.2, 0.25) is 0 Å². The Morgan fingerprint density at radius 3 is 3.09 bits per heavy atom. The number of aromatic amines is 1. The average Bonchev–Trinajstić information content (AvgIpc) is 3.20. The van der Waals surface area contributed by atoms with Gasteiger partial charge in [0.15, 0.2) is 5.82 Å². The van der Waals surface area contributed by atoms with Gasteiger partial charge in [0.25, 0.3) is 0 Å². The smallest absolute Gasteiger partial charge is 0.236 e. The summed E-state index contributed by atoms with van der Waals surface area (Å²) in [5.41, 5.74) is 1.27. The van der Waals surface area contributed by atoms with Gasteiger partial charge in [-0.05, 0) is 25.0 Å². The first-order valence-corrected chi connectivity index (χ1v) is 8.62. The highest BCUT2D eigenvalue weighted by molar-refractivity contribution is 8.01. The third-order valence-corrected chi connectivity index (χ3v) is 5.51. The Bertz CT molecular complexity index is 707. The molecule has 23 heavy (non-hydrogen) atoms. The zero-order valence-corrected chi connectivity index (χ0v) is 13.7. The van der Waals surface area contributed by atoms with Crippen molar-refractivity contribution in [3.8, 4) is 0 Å². The van der Waals surface area contributed by atoms with E-state index in [1.54, 1.807) is 11.8 Å². The molecule has 0 bridgehead atoms. The van der Waals surface area contributed by atoms with Crippen molar-refractivity contribution < 1.29 is 9.53 Å². The van der Waals surface area contributed by atoms with E-state index in [0.29, 0.717) is 25.5 Å². The van der Waals surface area contributed by atoms with Gasteiger partial charge >= 0.3 is 0 Å². The largest absolute Gasteiger partial charge is 0.366 e. The van der Waals surface area contributed by atoms with Crippen LogP contribution in [0.25, 0.3) is 0 Å². The minimum Gasteiger partial charge on any atom is -0.366 e. The monoisotopic (exact) mass is 330 g/mol. The van der Waals surface area contributed by atoms with E-state index in [2.05, 4.69) is 27.3 Å². The van der Waals surface area contributed by atoms with Gasteiger partial charge in [-0.1, -0.05) is 18.2 Å². The molecule has 1 aromatic heterocycles. The van der Waals surface area contributed by atoms with Crippen LogP contribution in [0.4, 0.5) is 0 Å². The highest BCUT2D eigenvalue weighted by atomic mass is 32.2. The van der Waals surface area contributed by atoms with Gasteiger partial charge < -0.3 is 9.64 Å². The number of carbonyl (C=O) groups is 1. The summed E-state index contributed by atoms with van der Waals surface area (Å²) in [6.07, 6.45) is 0.563. The van der Waals surface area contributed by atoms with E-state index in [1.165, 1.54) is 10.5 Å². The number of nitrogens with one attached hydrogen (secondary N) is 1. The minimum absolute atomic E-state index is 0.0278. The van der Waals surface area contributed by atoms with E-state index in [4.69, 9.17) is 4.74 Å². The summed E-state index contributed by atoms with van der Waals surface area (Å²) < 4.78 is 5.74. The standard InChI is InChI=1S/C16H18N4O2S/c1-10-17-15(19-18-10)12-9-20(6-7-22-12)16(21)14-8-11-4-2-3-5-13(11)23-14/h2-5,12,14H,6-9H2,1H3,(H,17,18,19)/t12-,14-/m0/s1. The molecule has 2 aliphatic heterocycles. The predicted molar refractivity (Wildman–Crippen MR) is 86.2 cm³/mol. The maximum absolute atomic E-state index is 12.9. The number of hydrogen-bond donors (Lipinski definition) is 1. The molecule has 0 spiro atoms. The average molecular weight is 330 g/mol. The van der Waals surface area contributed by atoms with Gasteiger partial charge in [-0.15, -0.1) is 11.8 Å². The van der Waals surface area contributed by atoms with E-state index in [1.807, 2.05) is 24.0 Å². The second kappa shape index (κ2) is 5.98. The molecule has 120 valence electrons. The first-order valence-electron chi connectivity index (χ1n) is 7.74.